The summed E-state index contributed by atoms with van der Waals surface area (Å²) < 4.78 is 0. The van der Waals surface area contributed by atoms with Gasteiger partial charge in [0.15, 0.2) is 5.15 Å². The van der Waals surface area contributed by atoms with Crippen LogP contribution in [0.2, 0.25) is 5.15 Å². The number of hydrogen-bond acceptors (Lipinski definition) is 3. The van der Waals surface area contributed by atoms with E-state index in [0.717, 1.165) is 11.5 Å². The molecule has 3 nitrogen and oxygen atoms in total. The van der Waals surface area contributed by atoms with Crippen LogP contribution in [0.25, 0.3) is 0 Å². The van der Waals surface area contributed by atoms with Crippen molar-refractivity contribution in [2.24, 2.45) is 0 Å². The van der Waals surface area contributed by atoms with Gasteiger partial charge in [0.05, 0.1) is 11.9 Å². The van der Waals surface area contributed by atoms with Crippen molar-refractivity contribution in [1.29, 1.82) is 0 Å². The fourth-order valence-electron chi connectivity index (χ4n) is 0.634. The molecular weight excluding hydrogens is 162 g/mol. The maximum Gasteiger partial charge on any atom is 0.152 e. The molecule has 0 radical (unpaired) electrons. The van der Waals surface area contributed by atoms with Crippen LogP contribution in [-0.4, -0.2) is 24.1 Å². The van der Waals surface area contributed by atoms with Gasteiger partial charge in [0, 0.05) is 14.1 Å². The van der Waals surface area contributed by atoms with Gasteiger partial charge in [-0.3, -0.25) is 4.98 Å². The number of aryl methyl sites for hydroxylation is 1. The zero-order valence-corrected chi connectivity index (χ0v) is 7.55. The Morgan fingerprint density at radius 3 is 2.55 bits per heavy atom. The normalized spacial score (nSPS) is 9.82. The lowest BCUT2D eigenvalue weighted by Crippen LogP contribution is -2.11. The summed E-state index contributed by atoms with van der Waals surface area (Å²) in [7, 11) is 3.80. The summed E-state index contributed by atoms with van der Waals surface area (Å²) in [5, 5.41) is 0.469. The van der Waals surface area contributed by atoms with Crippen molar-refractivity contribution in [2.75, 3.05) is 19.0 Å². The molecule has 0 fully saturated rings. The van der Waals surface area contributed by atoms with Gasteiger partial charge in [-0.25, -0.2) is 4.98 Å². The van der Waals surface area contributed by atoms with E-state index in [2.05, 4.69) is 9.97 Å². The minimum absolute atomic E-state index is 0.469. The lowest BCUT2D eigenvalue weighted by Gasteiger charge is -2.10. The molecule has 0 bridgehead atoms. The molecule has 1 aromatic heterocycles. The third-order valence-electron chi connectivity index (χ3n) is 1.34. The molecule has 1 rings (SSSR count). The molecule has 0 spiro atoms. The van der Waals surface area contributed by atoms with Crippen LogP contribution in [0.15, 0.2) is 6.20 Å². The third kappa shape index (κ3) is 1.80. The minimum Gasteiger partial charge on any atom is -0.361 e. The summed E-state index contributed by atoms with van der Waals surface area (Å²) in [6, 6.07) is 0. The van der Waals surface area contributed by atoms with Crippen LogP contribution in [0.5, 0.6) is 0 Å². The van der Waals surface area contributed by atoms with Gasteiger partial charge >= 0.3 is 0 Å². The molecule has 11 heavy (non-hydrogen) atoms. The van der Waals surface area contributed by atoms with Crippen molar-refractivity contribution < 1.29 is 0 Å². The molecule has 0 aliphatic rings. The molecule has 0 amide bonds. The highest BCUT2D eigenvalue weighted by Crippen LogP contribution is 2.13. The van der Waals surface area contributed by atoms with Crippen LogP contribution in [0, 0.1) is 6.92 Å². The van der Waals surface area contributed by atoms with Crippen LogP contribution in [0.1, 0.15) is 5.69 Å². The minimum atomic E-state index is 0.469. The highest BCUT2D eigenvalue weighted by atomic mass is 35.5. The van der Waals surface area contributed by atoms with E-state index in [1.165, 1.54) is 0 Å². The number of hydrogen-bond donors (Lipinski definition) is 0. The van der Waals surface area contributed by atoms with Crippen LogP contribution >= 0.6 is 11.6 Å². The molecule has 0 unspecified atom stereocenters. The topological polar surface area (TPSA) is 29.0 Å². The molecule has 4 heteroatoms. The van der Waals surface area contributed by atoms with Crippen LogP contribution in [0.4, 0.5) is 5.82 Å². The van der Waals surface area contributed by atoms with Crippen molar-refractivity contribution in [3.63, 3.8) is 0 Å². The van der Waals surface area contributed by atoms with E-state index < -0.39 is 0 Å². The van der Waals surface area contributed by atoms with Crippen LogP contribution < -0.4 is 4.90 Å². The van der Waals surface area contributed by atoms with E-state index in [9.17, 15) is 0 Å². The maximum atomic E-state index is 5.76. The Bertz CT molecular complexity index is 260. The van der Waals surface area contributed by atoms with Gasteiger partial charge in [0.2, 0.25) is 0 Å². The summed E-state index contributed by atoms with van der Waals surface area (Å²) in [5.74, 6) is 0.778. The largest absolute Gasteiger partial charge is 0.361 e. The van der Waals surface area contributed by atoms with E-state index in [1.54, 1.807) is 6.20 Å². The number of aromatic nitrogens is 2. The first-order valence-electron chi connectivity index (χ1n) is 3.27. The molecule has 0 N–H and O–H groups in total. The molecule has 1 heterocycles. The number of halogens is 1. The summed E-state index contributed by atoms with van der Waals surface area (Å²) in [6.07, 6.45) is 1.70. The van der Waals surface area contributed by atoms with Crippen molar-refractivity contribution in [1.82, 2.24) is 9.97 Å². The second kappa shape index (κ2) is 3.05. The Balaban J connectivity index is 3.05. The van der Waals surface area contributed by atoms with E-state index in [-0.39, 0.29) is 0 Å². The van der Waals surface area contributed by atoms with Crippen molar-refractivity contribution >= 4 is 17.4 Å². The van der Waals surface area contributed by atoms with Crippen molar-refractivity contribution in [3.05, 3.63) is 17.0 Å². The molecule has 0 aliphatic heterocycles. The Kier molecular flexibility index (Phi) is 2.29. The highest BCUT2D eigenvalue weighted by molar-refractivity contribution is 6.30. The predicted octanol–water partition coefficient (Wildman–Crippen LogP) is 1.50. The average molecular weight is 172 g/mol. The van der Waals surface area contributed by atoms with E-state index >= 15 is 0 Å². The first kappa shape index (κ1) is 8.27. The summed E-state index contributed by atoms with van der Waals surface area (Å²) in [5.41, 5.74) is 0.761. The number of rotatable bonds is 1. The van der Waals surface area contributed by atoms with Crippen LogP contribution in [0.3, 0.4) is 0 Å². The third-order valence-corrected chi connectivity index (χ3v) is 1.70. The maximum absolute atomic E-state index is 5.76. The van der Waals surface area contributed by atoms with Crippen molar-refractivity contribution in [2.45, 2.75) is 6.92 Å². The molecule has 0 saturated heterocycles. The van der Waals surface area contributed by atoms with E-state index in [4.69, 9.17) is 11.6 Å². The fraction of sp³-hybridized carbons (Fsp3) is 0.429. The van der Waals surface area contributed by atoms with Crippen molar-refractivity contribution in [3.8, 4) is 0 Å². The summed E-state index contributed by atoms with van der Waals surface area (Å²) >= 11 is 5.76. The van der Waals surface area contributed by atoms with Gasteiger partial charge in [-0.2, -0.15) is 0 Å². The van der Waals surface area contributed by atoms with E-state index in [1.807, 2.05) is 25.9 Å². The standard InChI is InChI=1S/C7H10ClN3/c1-5-7(8)10-6(4-9-5)11(2)3/h4H,1-3H3. The highest BCUT2D eigenvalue weighted by Gasteiger charge is 2.01. The number of nitrogens with zero attached hydrogens (tertiary/aromatic N) is 3. The van der Waals surface area contributed by atoms with Crippen LogP contribution in [-0.2, 0) is 0 Å². The summed E-state index contributed by atoms with van der Waals surface area (Å²) in [6.45, 7) is 1.83. The molecular formula is C7H10ClN3. The average Bonchev–Trinajstić information content (AvgIpc) is 1.94. The first-order valence-corrected chi connectivity index (χ1v) is 3.65. The molecule has 1 aromatic rings. The Labute approximate surface area is 71.0 Å². The zero-order valence-electron chi connectivity index (χ0n) is 6.80. The smallest absolute Gasteiger partial charge is 0.152 e. The molecule has 0 aliphatic carbocycles. The van der Waals surface area contributed by atoms with Gasteiger partial charge < -0.3 is 4.90 Å². The Morgan fingerprint density at radius 1 is 1.45 bits per heavy atom. The van der Waals surface area contributed by atoms with Gasteiger partial charge in [0.25, 0.3) is 0 Å². The summed E-state index contributed by atoms with van der Waals surface area (Å²) in [4.78, 5) is 10.0. The molecule has 0 aromatic carbocycles. The molecule has 0 saturated carbocycles. The fourth-order valence-corrected chi connectivity index (χ4v) is 0.769. The zero-order chi connectivity index (χ0) is 8.43. The van der Waals surface area contributed by atoms with Gasteiger partial charge in [0.1, 0.15) is 5.82 Å². The number of anilines is 1. The lowest BCUT2D eigenvalue weighted by atomic mass is 10.5. The molecule has 60 valence electrons. The SMILES string of the molecule is Cc1ncc(N(C)C)nc1Cl. The monoisotopic (exact) mass is 171 g/mol. The predicted molar refractivity (Wildman–Crippen MR) is 46.1 cm³/mol. The molecule has 0 atom stereocenters. The first-order chi connectivity index (χ1) is 5.11. The lowest BCUT2D eigenvalue weighted by molar-refractivity contribution is 1.02. The second-order valence-electron chi connectivity index (χ2n) is 2.50. The van der Waals surface area contributed by atoms with Gasteiger partial charge in [-0.15, -0.1) is 0 Å². The Morgan fingerprint density at radius 2 is 2.09 bits per heavy atom. The van der Waals surface area contributed by atoms with Gasteiger partial charge in [-0.1, -0.05) is 11.6 Å². The quantitative estimate of drug-likeness (QED) is 0.642. The second-order valence-corrected chi connectivity index (χ2v) is 2.86. The van der Waals surface area contributed by atoms with E-state index in [0.29, 0.717) is 5.15 Å². The Hall–Kier alpha value is -0.830. The van der Waals surface area contributed by atoms with Gasteiger partial charge in [-0.05, 0) is 6.92 Å².